The number of pyridine rings is 1. The number of nitrogens with one attached hydrogen (secondary N) is 4. The van der Waals surface area contributed by atoms with Gasteiger partial charge in [-0.05, 0) is 39.7 Å². The van der Waals surface area contributed by atoms with Crippen molar-refractivity contribution in [1.82, 2.24) is 15.6 Å². The van der Waals surface area contributed by atoms with Crippen LogP contribution in [0.25, 0.3) is 0 Å². The Labute approximate surface area is 168 Å². The van der Waals surface area contributed by atoms with Crippen LogP contribution < -0.4 is 21.5 Å². The van der Waals surface area contributed by atoms with Crippen molar-refractivity contribution in [3.63, 3.8) is 0 Å². The highest BCUT2D eigenvalue weighted by atomic mass is 16.3. The molecule has 0 aliphatic carbocycles. The van der Waals surface area contributed by atoms with E-state index in [2.05, 4.69) is 20.9 Å². The maximum atomic E-state index is 13.0. The zero-order valence-corrected chi connectivity index (χ0v) is 16.8. The van der Waals surface area contributed by atoms with Gasteiger partial charge in [0.05, 0.1) is 23.6 Å². The summed E-state index contributed by atoms with van der Waals surface area (Å²) in [5, 5.41) is 29.8. The van der Waals surface area contributed by atoms with Gasteiger partial charge in [0.2, 0.25) is 11.8 Å². The molecule has 0 saturated carbocycles. The molecule has 2 amide bonds. The minimum atomic E-state index is -1.65. The van der Waals surface area contributed by atoms with Crippen LogP contribution in [0.2, 0.25) is 0 Å². The number of aromatic amines is 1. The Morgan fingerprint density at radius 3 is 2.59 bits per heavy atom. The summed E-state index contributed by atoms with van der Waals surface area (Å²) in [5.74, 6) is -1.75. The summed E-state index contributed by atoms with van der Waals surface area (Å²) >= 11 is 0. The molecule has 2 aliphatic heterocycles. The van der Waals surface area contributed by atoms with E-state index >= 15 is 0 Å². The minimum absolute atomic E-state index is 0.0848. The van der Waals surface area contributed by atoms with Gasteiger partial charge < -0.3 is 31.1 Å². The summed E-state index contributed by atoms with van der Waals surface area (Å²) in [4.78, 5) is 40.5. The van der Waals surface area contributed by atoms with E-state index in [0.29, 0.717) is 24.2 Å². The Bertz CT molecular complexity index is 895. The number of H-pyrrole nitrogens is 1. The molecule has 0 radical (unpaired) electrons. The number of aryl methyl sites for hydroxylation is 1. The van der Waals surface area contributed by atoms with Gasteiger partial charge in [-0.15, -0.1) is 0 Å². The van der Waals surface area contributed by atoms with Crippen molar-refractivity contribution >= 4 is 17.5 Å². The molecule has 9 heteroatoms. The number of fused-ring (bicyclic) bond motifs is 4. The molecular formula is C20H28N4O5. The molecule has 29 heavy (non-hydrogen) atoms. The van der Waals surface area contributed by atoms with Crippen LogP contribution in [0.15, 0.2) is 23.0 Å². The van der Waals surface area contributed by atoms with Crippen molar-refractivity contribution in [2.45, 2.75) is 69.9 Å². The van der Waals surface area contributed by atoms with Gasteiger partial charge in [0.15, 0.2) is 5.72 Å². The first-order chi connectivity index (χ1) is 13.6. The van der Waals surface area contributed by atoms with E-state index < -0.39 is 35.3 Å². The van der Waals surface area contributed by atoms with Gasteiger partial charge in [-0.3, -0.25) is 14.4 Å². The van der Waals surface area contributed by atoms with Crippen molar-refractivity contribution in [1.29, 1.82) is 0 Å². The fourth-order valence-corrected chi connectivity index (χ4v) is 3.87. The first kappa shape index (κ1) is 21.1. The highest BCUT2D eigenvalue weighted by molar-refractivity contribution is 5.88. The van der Waals surface area contributed by atoms with Gasteiger partial charge in [0.1, 0.15) is 0 Å². The standard InChI is InChI=1S/C20H28N4O5/c1-10-4-5-13(25)6-7-16(26)23-12(3)20(29)9-14(18(27)21-10)17-15(24-20)8-11(2)22-19(17)28/h6-8,10,12-14,24-25,29H,4-5,9H2,1-3H3,(H,21,27)(H,22,28)(H,23,26)/b7-6-/t10-,12-,13-,14-,20+/m0/s1. The number of aromatic nitrogens is 1. The average Bonchev–Trinajstić information content (AvgIpc) is 2.62. The maximum absolute atomic E-state index is 13.0. The van der Waals surface area contributed by atoms with E-state index in [-0.39, 0.29) is 23.9 Å². The number of carbonyl (C=O) groups excluding carboxylic acids is 2. The fraction of sp³-hybridized carbons (Fsp3) is 0.550. The quantitative estimate of drug-likeness (QED) is 0.359. The Balaban J connectivity index is 2.06. The van der Waals surface area contributed by atoms with Crippen molar-refractivity contribution in [3.8, 4) is 0 Å². The zero-order chi connectivity index (χ0) is 21.3. The van der Waals surface area contributed by atoms with Crippen molar-refractivity contribution < 1.29 is 19.8 Å². The first-order valence-electron chi connectivity index (χ1n) is 9.80. The molecular weight excluding hydrogens is 376 g/mol. The van der Waals surface area contributed by atoms with Gasteiger partial charge in [-0.25, -0.2) is 0 Å². The normalized spacial score (nSPS) is 34.1. The molecule has 2 bridgehead atoms. The molecule has 0 fully saturated rings. The Hall–Kier alpha value is -2.65. The number of aliphatic hydroxyl groups excluding tert-OH is 1. The lowest BCUT2D eigenvalue weighted by molar-refractivity contribution is -0.125. The predicted octanol–water partition coefficient (Wildman–Crippen LogP) is -0.00858. The number of rotatable bonds is 0. The zero-order valence-electron chi connectivity index (χ0n) is 16.8. The molecule has 1 aromatic heterocycles. The Morgan fingerprint density at radius 2 is 1.86 bits per heavy atom. The number of carbonyl (C=O) groups is 2. The van der Waals surface area contributed by atoms with Gasteiger partial charge in [0, 0.05) is 29.9 Å². The van der Waals surface area contributed by atoms with Gasteiger partial charge >= 0.3 is 0 Å². The highest BCUT2D eigenvalue weighted by Crippen LogP contribution is 2.38. The van der Waals surface area contributed by atoms with Crippen LogP contribution in [0.3, 0.4) is 0 Å². The van der Waals surface area contributed by atoms with E-state index in [1.54, 1.807) is 19.9 Å². The van der Waals surface area contributed by atoms with Gasteiger partial charge in [-0.1, -0.05) is 6.08 Å². The number of hydrogen-bond donors (Lipinski definition) is 6. The topological polar surface area (TPSA) is 144 Å². The summed E-state index contributed by atoms with van der Waals surface area (Å²) in [5.41, 5.74) is -0.827. The second-order valence-electron chi connectivity index (χ2n) is 8.06. The molecule has 9 nitrogen and oxygen atoms in total. The summed E-state index contributed by atoms with van der Waals surface area (Å²) in [6.45, 7) is 5.13. The third-order valence-corrected chi connectivity index (χ3v) is 5.57. The van der Waals surface area contributed by atoms with Gasteiger partial charge in [0.25, 0.3) is 5.56 Å². The summed E-state index contributed by atoms with van der Waals surface area (Å²) in [6.07, 6.45) is 2.57. The molecule has 3 heterocycles. The molecule has 0 unspecified atom stereocenters. The smallest absolute Gasteiger partial charge is 0.254 e. The van der Waals surface area contributed by atoms with E-state index in [1.165, 1.54) is 12.2 Å². The van der Waals surface area contributed by atoms with Crippen LogP contribution in [-0.2, 0) is 9.59 Å². The summed E-state index contributed by atoms with van der Waals surface area (Å²) in [7, 11) is 0. The molecule has 5 atom stereocenters. The van der Waals surface area contributed by atoms with Crippen molar-refractivity contribution in [2.75, 3.05) is 5.32 Å². The van der Waals surface area contributed by atoms with E-state index in [9.17, 15) is 24.6 Å². The second kappa shape index (κ2) is 8.00. The SMILES string of the molecule is Cc1cc2c(c(=O)[nH]1)[C@@H]1C[C@](O)(N2)[C@H](C)NC(=O)/C=C\[C@@H](O)CC[C@H](C)NC1=O. The monoisotopic (exact) mass is 404 g/mol. The average molecular weight is 404 g/mol. The molecule has 1 aromatic rings. The van der Waals surface area contributed by atoms with Crippen LogP contribution in [0.1, 0.15) is 50.3 Å². The lowest BCUT2D eigenvalue weighted by Gasteiger charge is -2.42. The van der Waals surface area contributed by atoms with E-state index in [4.69, 9.17) is 0 Å². The third kappa shape index (κ3) is 4.51. The highest BCUT2D eigenvalue weighted by Gasteiger charge is 2.45. The third-order valence-electron chi connectivity index (χ3n) is 5.57. The minimum Gasteiger partial charge on any atom is -0.389 e. The molecule has 0 saturated heterocycles. The van der Waals surface area contributed by atoms with Crippen LogP contribution in [-0.4, -0.2) is 50.9 Å². The number of hydrogen-bond acceptors (Lipinski definition) is 6. The van der Waals surface area contributed by atoms with E-state index in [0.717, 1.165) is 0 Å². The van der Waals surface area contributed by atoms with Crippen LogP contribution in [0.4, 0.5) is 5.69 Å². The molecule has 3 rings (SSSR count). The number of aliphatic hydroxyl groups is 2. The van der Waals surface area contributed by atoms with E-state index in [1.807, 2.05) is 6.92 Å². The van der Waals surface area contributed by atoms with Crippen LogP contribution >= 0.6 is 0 Å². The molecule has 6 N–H and O–H groups in total. The molecule has 2 aliphatic rings. The van der Waals surface area contributed by atoms with Crippen LogP contribution in [0, 0.1) is 6.92 Å². The lowest BCUT2D eigenvalue weighted by Crippen LogP contribution is -2.59. The summed E-state index contributed by atoms with van der Waals surface area (Å²) in [6, 6.07) is 0.634. The first-order valence-corrected chi connectivity index (χ1v) is 9.80. The maximum Gasteiger partial charge on any atom is 0.254 e. The number of anilines is 1. The molecule has 0 spiro atoms. The van der Waals surface area contributed by atoms with Crippen molar-refractivity contribution in [3.05, 3.63) is 39.8 Å². The largest absolute Gasteiger partial charge is 0.389 e. The van der Waals surface area contributed by atoms with Crippen molar-refractivity contribution in [2.24, 2.45) is 0 Å². The Kier molecular flexibility index (Phi) is 5.81. The number of amides is 2. The summed E-state index contributed by atoms with van der Waals surface area (Å²) < 4.78 is 0. The predicted molar refractivity (Wildman–Crippen MR) is 107 cm³/mol. The van der Waals surface area contributed by atoms with Crippen LogP contribution in [0.5, 0.6) is 0 Å². The second-order valence-corrected chi connectivity index (χ2v) is 8.06. The molecule has 0 aromatic carbocycles. The Morgan fingerprint density at radius 1 is 1.14 bits per heavy atom. The lowest BCUT2D eigenvalue weighted by atomic mass is 9.81. The molecule has 158 valence electrons. The fourth-order valence-electron chi connectivity index (χ4n) is 3.87. The van der Waals surface area contributed by atoms with Gasteiger partial charge in [-0.2, -0.15) is 0 Å².